The topological polar surface area (TPSA) is 9.23 Å². The highest BCUT2D eigenvalue weighted by atomic mass is 19.1. The summed E-state index contributed by atoms with van der Waals surface area (Å²) in [5, 5.41) is 0. The van der Waals surface area contributed by atoms with Crippen molar-refractivity contribution >= 4 is 0 Å². The van der Waals surface area contributed by atoms with Crippen LogP contribution in [0.4, 0.5) is 4.39 Å². The molecular formula is C8H13FO. The summed E-state index contributed by atoms with van der Waals surface area (Å²) in [5.74, 6) is 0. The molecule has 0 aromatic heterocycles. The number of hydrogen-bond acceptors (Lipinski definition) is 1. The van der Waals surface area contributed by atoms with Crippen molar-refractivity contribution in [1.29, 1.82) is 0 Å². The van der Waals surface area contributed by atoms with Gasteiger partial charge in [0.05, 0.1) is 6.26 Å². The van der Waals surface area contributed by atoms with Crippen LogP contribution in [0, 0.1) is 0 Å². The lowest BCUT2D eigenvalue weighted by Gasteiger charge is -2.24. The summed E-state index contributed by atoms with van der Waals surface area (Å²) >= 11 is 0. The minimum Gasteiger partial charge on any atom is -0.496 e. The SMILES string of the molecule is C=CO[C@H]1CCCC[C@H]1F. The smallest absolute Gasteiger partial charge is 0.137 e. The Bertz CT molecular complexity index is 114. The number of alkyl halides is 1. The van der Waals surface area contributed by atoms with E-state index < -0.39 is 6.17 Å². The highest BCUT2D eigenvalue weighted by molar-refractivity contribution is 4.76. The lowest BCUT2D eigenvalue weighted by atomic mass is 9.96. The maximum Gasteiger partial charge on any atom is 0.137 e. The predicted octanol–water partition coefficient (Wildman–Crippen LogP) is 2.43. The molecule has 0 spiro atoms. The average molecular weight is 144 g/mol. The van der Waals surface area contributed by atoms with Gasteiger partial charge >= 0.3 is 0 Å². The van der Waals surface area contributed by atoms with E-state index in [1.54, 1.807) is 0 Å². The lowest BCUT2D eigenvalue weighted by molar-refractivity contribution is 0.0308. The van der Waals surface area contributed by atoms with Gasteiger partial charge in [-0.25, -0.2) is 4.39 Å². The van der Waals surface area contributed by atoms with Gasteiger partial charge in [0.2, 0.25) is 0 Å². The summed E-state index contributed by atoms with van der Waals surface area (Å²) in [6.07, 6.45) is 3.92. The van der Waals surface area contributed by atoms with Crippen LogP contribution in [0.15, 0.2) is 12.8 Å². The van der Waals surface area contributed by atoms with Crippen LogP contribution in [0.5, 0.6) is 0 Å². The fourth-order valence-corrected chi connectivity index (χ4v) is 1.33. The molecule has 1 saturated carbocycles. The van der Waals surface area contributed by atoms with E-state index in [2.05, 4.69) is 6.58 Å². The summed E-state index contributed by atoms with van der Waals surface area (Å²) < 4.78 is 17.8. The molecule has 1 rings (SSSR count). The van der Waals surface area contributed by atoms with Crippen LogP contribution in [0.1, 0.15) is 25.7 Å². The molecule has 1 fully saturated rings. The Hall–Kier alpha value is -0.530. The molecule has 10 heavy (non-hydrogen) atoms. The molecule has 58 valence electrons. The molecule has 0 aliphatic heterocycles. The largest absolute Gasteiger partial charge is 0.496 e. The van der Waals surface area contributed by atoms with Crippen LogP contribution in [-0.2, 0) is 4.74 Å². The van der Waals surface area contributed by atoms with Gasteiger partial charge in [-0.1, -0.05) is 13.0 Å². The van der Waals surface area contributed by atoms with E-state index in [-0.39, 0.29) is 6.10 Å². The van der Waals surface area contributed by atoms with Gasteiger partial charge in [-0.2, -0.15) is 0 Å². The molecule has 0 aromatic rings. The first-order valence-corrected chi connectivity index (χ1v) is 3.75. The molecule has 2 atom stereocenters. The molecule has 1 aliphatic carbocycles. The van der Waals surface area contributed by atoms with E-state index in [0.29, 0.717) is 6.42 Å². The third-order valence-corrected chi connectivity index (χ3v) is 1.89. The first-order chi connectivity index (χ1) is 4.84. The zero-order valence-corrected chi connectivity index (χ0v) is 6.05. The van der Waals surface area contributed by atoms with E-state index in [9.17, 15) is 4.39 Å². The van der Waals surface area contributed by atoms with Crippen LogP contribution in [0.25, 0.3) is 0 Å². The predicted molar refractivity (Wildman–Crippen MR) is 38.4 cm³/mol. The third-order valence-electron chi connectivity index (χ3n) is 1.89. The second-order valence-corrected chi connectivity index (χ2v) is 2.64. The van der Waals surface area contributed by atoms with Crippen molar-refractivity contribution in [1.82, 2.24) is 0 Å². The maximum absolute atomic E-state index is 12.9. The van der Waals surface area contributed by atoms with Crippen LogP contribution >= 0.6 is 0 Å². The van der Waals surface area contributed by atoms with Crippen molar-refractivity contribution in [3.8, 4) is 0 Å². The van der Waals surface area contributed by atoms with Gasteiger partial charge < -0.3 is 4.74 Å². The first kappa shape index (κ1) is 7.58. The maximum atomic E-state index is 12.9. The Morgan fingerprint density at radius 2 is 2.10 bits per heavy atom. The Kier molecular flexibility index (Phi) is 2.72. The minimum atomic E-state index is -0.772. The standard InChI is InChI=1S/C8H13FO/c1-2-10-8-6-4-3-5-7(8)9/h2,7-8H,1,3-6H2/t7-,8+/m1/s1. The molecule has 0 N–H and O–H groups in total. The molecule has 0 saturated heterocycles. The van der Waals surface area contributed by atoms with Gasteiger partial charge in [-0.05, 0) is 19.3 Å². The summed E-state index contributed by atoms with van der Waals surface area (Å²) in [5.41, 5.74) is 0. The normalized spacial score (nSPS) is 33.3. The third kappa shape index (κ3) is 1.72. The monoisotopic (exact) mass is 144 g/mol. The van der Waals surface area contributed by atoms with Crippen molar-refractivity contribution in [2.24, 2.45) is 0 Å². The molecule has 0 bridgehead atoms. The van der Waals surface area contributed by atoms with E-state index in [1.807, 2.05) is 0 Å². The Labute approximate surface area is 60.9 Å². The van der Waals surface area contributed by atoms with Crippen molar-refractivity contribution in [2.45, 2.75) is 38.0 Å². The molecule has 0 radical (unpaired) electrons. The number of hydrogen-bond donors (Lipinski definition) is 0. The molecule has 2 heteroatoms. The highest BCUT2D eigenvalue weighted by Gasteiger charge is 2.24. The van der Waals surface area contributed by atoms with Crippen molar-refractivity contribution < 1.29 is 9.13 Å². The Balaban J connectivity index is 2.32. The first-order valence-electron chi connectivity index (χ1n) is 3.75. The van der Waals surface area contributed by atoms with Crippen LogP contribution < -0.4 is 0 Å². The second kappa shape index (κ2) is 3.59. The summed E-state index contributed by atoms with van der Waals surface area (Å²) in [7, 11) is 0. The van der Waals surface area contributed by atoms with Gasteiger partial charge in [0.25, 0.3) is 0 Å². The van der Waals surface area contributed by atoms with E-state index in [4.69, 9.17) is 4.74 Å². The Morgan fingerprint density at radius 1 is 1.40 bits per heavy atom. The van der Waals surface area contributed by atoms with Crippen LogP contribution in [0.2, 0.25) is 0 Å². The number of halogens is 1. The van der Waals surface area contributed by atoms with E-state index in [0.717, 1.165) is 19.3 Å². The highest BCUT2D eigenvalue weighted by Crippen LogP contribution is 2.23. The van der Waals surface area contributed by atoms with Crippen molar-refractivity contribution in [3.05, 3.63) is 12.8 Å². The fraction of sp³-hybridized carbons (Fsp3) is 0.750. The lowest BCUT2D eigenvalue weighted by Crippen LogP contribution is -2.27. The van der Waals surface area contributed by atoms with Gasteiger partial charge in [0.15, 0.2) is 0 Å². The average Bonchev–Trinajstić information content (AvgIpc) is 1.94. The van der Waals surface area contributed by atoms with Gasteiger partial charge in [0, 0.05) is 0 Å². The summed E-state index contributed by atoms with van der Waals surface area (Å²) in [6, 6.07) is 0. The summed E-state index contributed by atoms with van der Waals surface area (Å²) in [4.78, 5) is 0. The Morgan fingerprint density at radius 3 is 2.70 bits per heavy atom. The van der Waals surface area contributed by atoms with E-state index in [1.165, 1.54) is 6.26 Å². The number of ether oxygens (including phenoxy) is 1. The molecular weight excluding hydrogens is 131 g/mol. The van der Waals surface area contributed by atoms with Crippen LogP contribution in [-0.4, -0.2) is 12.3 Å². The molecule has 0 aromatic carbocycles. The van der Waals surface area contributed by atoms with Crippen LogP contribution in [0.3, 0.4) is 0 Å². The summed E-state index contributed by atoms with van der Waals surface area (Å²) in [6.45, 7) is 3.40. The number of rotatable bonds is 2. The molecule has 0 amide bonds. The minimum absolute atomic E-state index is 0.216. The van der Waals surface area contributed by atoms with Crippen molar-refractivity contribution in [2.75, 3.05) is 0 Å². The zero-order chi connectivity index (χ0) is 7.40. The molecule has 1 aliphatic rings. The fourth-order valence-electron chi connectivity index (χ4n) is 1.33. The van der Waals surface area contributed by atoms with Gasteiger partial charge in [0.1, 0.15) is 12.3 Å². The van der Waals surface area contributed by atoms with Crippen molar-refractivity contribution in [3.63, 3.8) is 0 Å². The molecule has 1 nitrogen and oxygen atoms in total. The zero-order valence-electron chi connectivity index (χ0n) is 6.05. The quantitative estimate of drug-likeness (QED) is 0.541. The van der Waals surface area contributed by atoms with Gasteiger partial charge in [-0.3, -0.25) is 0 Å². The molecule has 0 heterocycles. The molecule has 0 unspecified atom stereocenters. The van der Waals surface area contributed by atoms with E-state index >= 15 is 0 Å². The second-order valence-electron chi connectivity index (χ2n) is 2.64. The van der Waals surface area contributed by atoms with Gasteiger partial charge in [-0.15, -0.1) is 0 Å².